The summed E-state index contributed by atoms with van der Waals surface area (Å²) in [6.07, 6.45) is -4.51. The van der Waals surface area contributed by atoms with Gasteiger partial charge >= 0.3 is 12.2 Å². The first-order valence-corrected chi connectivity index (χ1v) is 6.70. The topological polar surface area (TPSA) is 47.6 Å². The van der Waals surface area contributed by atoms with E-state index in [4.69, 9.17) is 34.8 Å². The fraction of sp³-hybridized carbons (Fsp3) is 0.364. The lowest BCUT2D eigenvalue weighted by atomic mass is 10.3. The molecule has 0 heterocycles. The van der Waals surface area contributed by atoms with Gasteiger partial charge in [0.15, 0.2) is 0 Å². The highest BCUT2D eigenvalue weighted by Crippen LogP contribution is 2.31. The zero-order valence-electron chi connectivity index (χ0n) is 9.92. The number of carbonyl (C=O) groups excluding carboxylic acids is 1. The summed E-state index contributed by atoms with van der Waals surface area (Å²) in [6.45, 7) is 0.0296. The van der Waals surface area contributed by atoms with Crippen molar-refractivity contribution in [1.82, 2.24) is 0 Å². The van der Waals surface area contributed by atoms with Crippen molar-refractivity contribution in [3.05, 3.63) is 24.3 Å². The van der Waals surface area contributed by atoms with Crippen molar-refractivity contribution < 1.29 is 23.0 Å². The van der Waals surface area contributed by atoms with Crippen molar-refractivity contribution in [3.63, 3.8) is 0 Å². The number of alkyl halides is 5. The number of amides is 1. The normalized spacial score (nSPS) is 11.3. The molecule has 1 rings (SSSR count). The summed E-state index contributed by atoms with van der Waals surface area (Å²) < 4.78 is 35.4. The van der Waals surface area contributed by atoms with Crippen molar-refractivity contribution >= 4 is 46.6 Å². The fourth-order valence-corrected chi connectivity index (χ4v) is 1.29. The number of hydrogen-bond donors (Lipinski definition) is 1. The number of ether oxygens (including phenoxy) is 2. The molecular weight excluding hydrogens is 338 g/mol. The number of anilines is 1. The first kappa shape index (κ1) is 17.1. The summed E-state index contributed by atoms with van der Waals surface area (Å²) in [5.74, 6) is -0.0632. The van der Waals surface area contributed by atoms with Crippen LogP contribution in [0.3, 0.4) is 0 Å². The third-order valence-corrected chi connectivity index (χ3v) is 2.56. The number of nitrogens with one attached hydrogen (secondary N) is 1. The van der Waals surface area contributed by atoms with Gasteiger partial charge in [0.2, 0.25) is 4.84 Å². The van der Waals surface area contributed by atoms with E-state index in [1.165, 1.54) is 24.3 Å². The summed E-state index contributed by atoms with van der Waals surface area (Å²) in [5.41, 5.74) is 0.207. The van der Waals surface area contributed by atoms with Crippen LogP contribution in [0.4, 0.5) is 19.3 Å². The lowest BCUT2D eigenvalue weighted by Gasteiger charge is -2.19. The SMILES string of the molecule is O=C(Nc1cccc(OC(F)(F)C(Cl)Cl)c1)OCCCl. The highest BCUT2D eigenvalue weighted by atomic mass is 35.5. The average Bonchev–Trinajstić information content (AvgIpc) is 2.36. The van der Waals surface area contributed by atoms with Gasteiger partial charge in [-0.1, -0.05) is 29.3 Å². The molecule has 0 aliphatic heterocycles. The van der Waals surface area contributed by atoms with Crippen molar-refractivity contribution in [3.8, 4) is 5.75 Å². The lowest BCUT2D eigenvalue weighted by Crippen LogP contribution is -2.32. The summed E-state index contributed by atoms with van der Waals surface area (Å²) in [7, 11) is 0. The summed E-state index contributed by atoms with van der Waals surface area (Å²) in [4.78, 5) is 9.23. The van der Waals surface area contributed by atoms with E-state index in [-0.39, 0.29) is 23.9 Å². The molecule has 0 aromatic heterocycles. The molecular formula is C11H10Cl3F2NO3. The number of benzene rings is 1. The maximum atomic E-state index is 13.2. The van der Waals surface area contributed by atoms with Crippen LogP contribution >= 0.6 is 34.8 Å². The molecule has 0 atom stereocenters. The Balaban J connectivity index is 2.69. The predicted molar refractivity (Wildman–Crippen MR) is 73.2 cm³/mol. The molecule has 112 valence electrons. The molecule has 0 radical (unpaired) electrons. The Labute approximate surface area is 128 Å². The monoisotopic (exact) mass is 347 g/mol. The average molecular weight is 349 g/mol. The Bertz CT molecular complexity index is 460. The highest BCUT2D eigenvalue weighted by molar-refractivity contribution is 6.44. The van der Waals surface area contributed by atoms with E-state index in [2.05, 4.69) is 14.8 Å². The van der Waals surface area contributed by atoms with E-state index in [1.54, 1.807) is 0 Å². The molecule has 0 spiro atoms. The third kappa shape index (κ3) is 5.56. The standard InChI is InChI=1S/C11H10Cl3F2NO3/c12-4-5-19-10(18)17-7-2-1-3-8(6-7)20-11(15,16)9(13)14/h1-3,6,9H,4-5H2,(H,17,18). The van der Waals surface area contributed by atoms with Gasteiger partial charge in [-0.3, -0.25) is 5.32 Å². The first-order valence-electron chi connectivity index (χ1n) is 5.30. The van der Waals surface area contributed by atoms with Gasteiger partial charge in [0.05, 0.1) is 5.88 Å². The second-order valence-corrected chi connectivity index (χ2v) is 4.92. The molecule has 9 heteroatoms. The van der Waals surface area contributed by atoms with E-state index >= 15 is 0 Å². The van der Waals surface area contributed by atoms with Gasteiger partial charge in [0.25, 0.3) is 0 Å². The zero-order valence-corrected chi connectivity index (χ0v) is 12.2. The molecule has 20 heavy (non-hydrogen) atoms. The number of hydrogen-bond acceptors (Lipinski definition) is 3. The highest BCUT2D eigenvalue weighted by Gasteiger charge is 2.40. The molecule has 1 amide bonds. The summed E-state index contributed by atoms with van der Waals surface area (Å²) in [5, 5.41) is 2.32. The van der Waals surface area contributed by atoms with Gasteiger partial charge in [0, 0.05) is 11.8 Å². The largest absolute Gasteiger partial charge is 0.448 e. The van der Waals surface area contributed by atoms with Gasteiger partial charge in [0.1, 0.15) is 12.4 Å². The predicted octanol–water partition coefficient (Wildman–Crippen LogP) is 4.25. The molecule has 0 aliphatic rings. The van der Waals surface area contributed by atoms with E-state index in [0.717, 1.165) is 0 Å². The number of rotatable bonds is 6. The van der Waals surface area contributed by atoms with Crippen LogP contribution in [0.25, 0.3) is 0 Å². The van der Waals surface area contributed by atoms with Gasteiger partial charge in [-0.15, -0.1) is 11.6 Å². The Hall–Kier alpha value is -0.980. The van der Waals surface area contributed by atoms with Gasteiger partial charge in [-0.2, -0.15) is 8.78 Å². The molecule has 0 saturated heterocycles. The summed E-state index contributed by atoms with van der Waals surface area (Å²) in [6, 6.07) is 5.30. The van der Waals surface area contributed by atoms with Crippen LogP contribution in [-0.4, -0.2) is 29.5 Å². The van der Waals surface area contributed by atoms with Crippen molar-refractivity contribution in [2.24, 2.45) is 0 Å². The number of carbonyl (C=O) groups is 1. The maximum Gasteiger partial charge on any atom is 0.428 e. The van der Waals surface area contributed by atoms with Crippen LogP contribution in [-0.2, 0) is 4.74 Å². The molecule has 1 aromatic carbocycles. The minimum atomic E-state index is -3.75. The second kappa shape index (κ2) is 7.71. The molecule has 0 fully saturated rings. The number of halogens is 5. The van der Waals surface area contributed by atoms with E-state index in [0.29, 0.717) is 0 Å². The maximum absolute atomic E-state index is 13.2. The molecule has 0 saturated carbocycles. The molecule has 1 N–H and O–H groups in total. The third-order valence-electron chi connectivity index (χ3n) is 1.90. The Morgan fingerprint density at radius 3 is 2.70 bits per heavy atom. The van der Waals surface area contributed by atoms with E-state index in [1.807, 2.05) is 0 Å². The minimum absolute atomic E-state index is 0.0296. The van der Waals surface area contributed by atoms with Gasteiger partial charge in [-0.05, 0) is 12.1 Å². The zero-order chi connectivity index (χ0) is 15.2. The second-order valence-electron chi connectivity index (χ2n) is 3.44. The first-order chi connectivity index (χ1) is 9.35. The molecule has 0 unspecified atom stereocenters. The van der Waals surface area contributed by atoms with Crippen molar-refractivity contribution in [2.45, 2.75) is 10.9 Å². The summed E-state index contributed by atoms with van der Waals surface area (Å²) >= 11 is 15.5. The van der Waals surface area contributed by atoms with Crippen molar-refractivity contribution in [2.75, 3.05) is 17.8 Å². The van der Waals surface area contributed by atoms with Gasteiger partial charge in [-0.25, -0.2) is 4.79 Å². The smallest absolute Gasteiger partial charge is 0.428 e. The molecule has 1 aromatic rings. The van der Waals surface area contributed by atoms with Crippen LogP contribution in [0.15, 0.2) is 24.3 Å². The molecule has 0 bridgehead atoms. The Morgan fingerprint density at radius 2 is 2.10 bits per heavy atom. The van der Waals surface area contributed by atoms with Crippen LogP contribution in [0.1, 0.15) is 0 Å². The van der Waals surface area contributed by atoms with Crippen LogP contribution < -0.4 is 10.1 Å². The van der Waals surface area contributed by atoms with Crippen molar-refractivity contribution in [1.29, 1.82) is 0 Å². The van der Waals surface area contributed by atoms with E-state index < -0.39 is 17.0 Å². The lowest BCUT2D eigenvalue weighted by molar-refractivity contribution is -0.163. The van der Waals surface area contributed by atoms with Crippen LogP contribution in [0.2, 0.25) is 0 Å². The molecule has 0 aliphatic carbocycles. The Morgan fingerprint density at radius 1 is 1.40 bits per heavy atom. The fourth-order valence-electron chi connectivity index (χ4n) is 1.12. The van der Waals surface area contributed by atoms with Crippen LogP contribution in [0, 0.1) is 0 Å². The Kier molecular flexibility index (Phi) is 6.58. The van der Waals surface area contributed by atoms with Crippen LogP contribution in [0.5, 0.6) is 5.75 Å². The quantitative estimate of drug-likeness (QED) is 0.782. The van der Waals surface area contributed by atoms with Gasteiger partial charge < -0.3 is 9.47 Å². The minimum Gasteiger partial charge on any atom is -0.448 e. The van der Waals surface area contributed by atoms with E-state index in [9.17, 15) is 13.6 Å². The molecule has 4 nitrogen and oxygen atoms in total.